The predicted octanol–water partition coefficient (Wildman–Crippen LogP) is 1.65. The zero-order valence-electron chi connectivity index (χ0n) is 8.46. The molecular formula is C11H12N2O2. The molecule has 0 heterocycles. The standard InChI is InChI=1S/C11H12N2O2/c1-2-15-11(14)9-13-12-8-10-6-4-3-5-7-10/h3-9H,2H2,1H3. The lowest BCUT2D eigenvalue weighted by molar-refractivity contribution is -0.134. The van der Waals surface area contributed by atoms with Gasteiger partial charge in [-0.15, -0.1) is 0 Å². The number of carbonyl (C=O) groups is 1. The van der Waals surface area contributed by atoms with Crippen LogP contribution in [-0.4, -0.2) is 25.0 Å². The summed E-state index contributed by atoms with van der Waals surface area (Å²) in [5.74, 6) is -0.484. The second-order valence-electron chi connectivity index (χ2n) is 2.65. The van der Waals surface area contributed by atoms with Crippen LogP contribution in [0.25, 0.3) is 0 Å². The lowest BCUT2D eigenvalue weighted by atomic mass is 10.2. The highest BCUT2D eigenvalue weighted by Crippen LogP contribution is 1.93. The third-order valence-corrected chi connectivity index (χ3v) is 1.52. The minimum atomic E-state index is -0.484. The Morgan fingerprint density at radius 3 is 2.73 bits per heavy atom. The minimum absolute atomic E-state index is 0.341. The topological polar surface area (TPSA) is 51.0 Å². The van der Waals surface area contributed by atoms with Gasteiger partial charge in [-0.05, 0) is 12.5 Å². The molecule has 0 aliphatic carbocycles. The van der Waals surface area contributed by atoms with Crippen LogP contribution in [0.3, 0.4) is 0 Å². The van der Waals surface area contributed by atoms with Gasteiger partial charge in [-0.2, -0.15) is 10.2 Å². The molecule has 0 bridgehead atoms. The average Bonchev–Trinajstić information content (AvgIpc) is 2.26. The van der Waals surface area contributed by atoms with E-state index in [1.54, 1.807) is 13.1 Å². The summed E-state index contributed by atoms with van der Waals surface area (Å²) in [6, 6.07) is 9.50. The zero-order valence-corrected chi connectivity index (χ0v) is 8.46. The van der Waals surface area contributed by atoms with Crippen molar-refractivity contribution in [1.82, 2.24) is 0 Å². The molecule has 0 N–H and O–H groups in total. The Labute approximate surface area is 88.3 Å². The van der Waals surface area contributed by atoms with Crippen molar-refractivity contribution in [3.05, 3.63) is 35.9 Å². The van der Waals surface area contributed by atoms with E-state index in [-0.39, 0.29) is 0 Å². The van der Waals surface area contributed by atoms with Crippen LogP contribution in [0.1, 0.15) is 12.5 Å². The Morgan fingerprint density at radius 1 is 1.33 bits per heavy atom. The summed E-state index contributed by atoms with van der Waals surface area (Å²) in [5, 5.41) is 7.26. The Balaban J connectivity index is 2.43. The normalized spacial score (nSPS) is 11.0. The fraction of sp³-hybridized carbons (Fsp3) is 0.182. The van der Waals surface area contributed by atoms with E-state index in [0.717, 1.165) is 11.8 Å². The van der Waals surface area contributed by atoms with Gasteiger partial charge < -0.3 is 4.74 Å². The second-order valence-corrected chi connectivity index (χ2v) is 2.65. The molecule has 1 aromatic rings. The molecule has 78 valence electrons. The van der Waals surface area contributed by atoms with Gasteiger partial charge >= 0.3 is 5.97 Å². The van der Waals surface area contributed by atoms with Gasteiger partial charge in [0.15, 0.2) is 0 Å². The van der Waals surface area contributed by atoms with Crippen molar-refractivity contribution in [1.29, 1.82) is 0 Å². The fourth-order valence-corrected chi connectivity index (χ4v) is 0.899. The lowest BCUT2D eigenvalue weighted by Gasteiger charge is -1.91. The van der Waals surface area contributed by atoms with Gasteiger partial charge in [0.25, 0.3) is 0 Å². The van der Waals surface area contributed by atoms with E-state index >= 15 is 0 Å². The van der Waals surface area contributed by atoms with Crippen molar-refractivity contribution in [2.75, 3.05) is 6.61 Å². The second kappa shape index (κ2) is 6.48. The van der Waals surface area contributed by atoms with Crippen LogP contribution in [0.15, 0.2) is 40.5 Å². The van der Waals surface area contributed by atoms with Gasteiger partial charge in [0.05, 0.1) is 12.8 Å². The minimum Gasteiger partial charge on any atom is -0.462 e. The summed E-state index contributed by atoms with van der Waals surface area (Å²) in [7, 11) is 0. The first kappa shape index (κ1) is 11.1. The van der Waals surface area contributed by atoms with Crippen molar-refractivity contribution in [2.45, 2.75) is 6.92 Å². The van der Waals surface area contributed by atoms with Gasteiger partial charge in [0, 0.05) is 0 Å². The number of benzene rings is 1. The number of hydrogen-bond acceptors (Lipinski definition) is 4. The highest BCUT2D eigenvalue weighted by Gasteiger charge is 1.92. The molecule has 1 rings (SSSR count). The molecule has 0 aliphatic heterocycles. The number of carbonyl (C=O) groups excluding carboxylic acids is 1. The Hall–Kier alpha value is -1.97. The average molecular weight is 204 g/mol. The molecular weight excluding hydrogens is 192 g/mol. The van der Waals surface area contributed by atoms with Gasteiger partial charge in [0.2, 0.25) is 0 Å². The molecule has 0 fully saturated rings. The number of hydrogen-bond donors (Lipinski definition) is 0. The molecule has 0 spiro atoms. The van der Waals surface area contributed by atoms with Gasteiger partial charge in [0.1, 0.15) is 6.21 Å². The van der Waals surface area contributed by atoms with Crippen molar-refractivity contribution in [3.63, 3.8) is 0 Å². The summed E-state index contributed by atoms with van der Waals surface area (Å²) in [4.78, 5) is 10.8. The highest BCUT2D eigenvalue weighted by molar-refractivity contribution is 6.23. The largest absolute Gasteiger partial charge is 0.462 e. The van der Waals surface area contributed by atoms with Crippen LogP contribution in [0.5, 0.6) is 0 Å². The molecule has 0 saturated carbocycles. The first-order valence-electron chi connectivity index (χ1n) is 4.61. The quantitative estimate of drug-likeness (QED) is 0.425. The maximum atomic E-state index is 10.8. The molecule has 4 heteroatoms. The number of esters is 1. The Kier molecular flexibility index (Phi) is 4.80. The van der Waals surface area contributed by atoms with Crippen LogP contribution in [0.2, 0.25) is 0 Å². The third kappa shape index (κ3) is 4.71. The van der Waals surface area contributed by atoms with E-state index < -0.39 is 5.97 Å². The van der Waals surface area contributed by atoms with Gasteiger partial charge in [-0.1, -0.05) is 30.3 Å². The molecule has 0 radical (unpaired) electrons. The molecule has 1 aromatic carbocycles. The molecule has 0 aliphatic rings. The first-order valence-corrected chi connectivity index (χ1v) is 4.61. The van der Waals surface area contributed by atoms with E-state index in [1.807, 2.05) is 30.3 Å². The Morgan fingerprint density at radius 2 is 2.07 bits per heavy atom. The molecule has 0 atom stereocenters. The number of ether oxygens (including phenoxy) is 1. The number of nitrogens with zero attached hydrogens (tertiary/aromatic N) is 2. The smallest absolute Gasteiger partial charge is 0.351 e. The number of rotatable bonds is 4. The first-order chi connectivity index (χ1) is 7.33. The van der Waals surface area contributed by atoms with Crippen LogP contribution in [0, 0.1) is 0 Å². The predicted molar refractivity (Wildman–Crippen MR) is 59.2 cm³/mol. The van der Waals surface area contributed by atoms with E-state index in [2.05, 4.69) is 14.9 Å². The lowest BCUT2D eigenvalue weighted by Crippen LogP contribution is -2.04. The van der Waals surface area contributed by atoms with E-state index in [0.29, 0.717) is 6.61 Å². The van der Waals surface area contributed by atoms with Gasteiger partial charge in [-0.3, -0.25) is 0 Å². The molecule has 0 unspecified atom stereocenters. The summed E-state index contributed by atoms with van der Waals surface area (Å²) in [5.41, 5.74) is 0.929. The zero-order chi connectivity index (χ0) is 10.9. The van der Waals surface area contributed by atoms with Gasteiger partial charge in [-0.25, -0.2) is 4.79 Å². The van der Waals surface area contributed by atoms with Crippen LogP contribution in [0.4, 0.5) is 0 Å². The molecule has 0 amide bonds. The summed E-state index contributed by atoms with van der Waals surface area (Å²) in [6.45, 7) is 2.08. The maximum Gasteiger partial charge on any atom is 0.351 e. The summed E-state index contributed by atoms with van der Waals surface area (Å²) in [6.07, 6.45) is 2.61. The molecule has 0 saturated heterocycles. The van der Waals surface area contributed by atoms with E-state index in [1.165, 1.54) is 0 Å². The van der Waals surface area contributed by atoms with Crippen molar-refractivity contribution in [3.8, 4) is 0 Å². The monoisotopic (exact) mass is 204 g/mol. The van der Waals surface area contributed by atoms with E-state index in [9.17, 15) is 4.79 Å². The van der Waals surface area contributed by atoms with Crippen molar-refractivity contribution >= 4 is 18.4 Å². The van der Waals surface area contributed by atoms with Crippen LogP contribution < -0.4 is 0 Å². The molecule has 0 aromatic heterocycles. The maximum absolute atomic E-state index is 10.8. The Bertz CT molecular complexity index is 358. The molecule has 15 heavy (non-hydrogen) atoms. The summed E-state index contributed by atoms with van der Waals surface area (Å²) >= 11 is 0. The molecule has 4 nitrogen and oxygen atoms in total. The van der Waals surface area contributed by atoms with Crippen molar-refractivity contribution in [2.24, 2.45) is 10.2 Å². The fourth-order valence-electron chi connectivity index (χ4n) is 0.899. The van der Waals surface area contributed by atoms with E-state index in [4.69, 9.17) is 0 Å². The van der Waals surface area contributed by atoms with Crippen LogP contribution >= 0.6 is 0 Å². The SMILES string of the molecule is CCOC(=O)C=NN=Cc1ccccc1. The van der Waals surface area contributed by atoms with Crippen molar-refractivity contribution < 1.29 is 9.53 Å². The highest BCUT2D eigenvalue weighted by atomic mass is 16.5. The van der Waals surface area contributed by atoms with Crippen LogP contribution in [-0.2, 0) is 9.53 Å². The third-order valence-electron chi connectivity index (χ3n) is 1.52. The summed E-state index contributed by atoms with van der Waals surface area (Å²) < 4.78 is 4.63.